The molecular formula is C16H12Cl2F3N5O2S. The molecule has 0 fully saturated rings. The van der Waals surface area contributed by atoms with Gasteiger partial charge in [-0.25, -0.2) is 8.42 Å². The van der Waals surface area contributed by atoms with Crippen LogP contribution in [0.3, 0.4) is 0 Å². The van der Waals surface area contributed by atoms with Crippen molar-refractivity contribution in [1.29, 1.82) is 0 Å². The summed E-state index contributed by atoms with van der Waals surface area (Å²) in [7, 11) is -4.11. The Morgan fingerprint density at radius 3 is 2.10 bits per heavy atom. The molecule has 13 heteroatoms. The quantitative estimate of drug-likeness (QED) is 0.606. The van der Waals surface area contributed by atoms with Gasteiger partial charge in [0.25, 0.3) is 0 Å². The van der Waals surface area contributed by atoms with Crippen molar-refractivity contribution in [2.75, 3.05) is 17.7 Å². The summed E-state index contributed by atoms with van der Waals surface area (Å²) < 4.78 is 64.9. The number of nitrogens with zero attached hydrogens (tertiary/aromatic N) is 3. The van der Waals surface area contributed by atoms with Crippen molar-refractivity contribution in [2.45, 2.75) is 11.1 Å². The normalized spacial score (nSPS) is 12.3. The van der Waals surface area contributed by atoms with Gasteiger partial charge in [-0.15, -0.1) is 5.10 Å². The Kier molecular flexibility index (Phi) is 5.18. The first-order chi connectivity index (χ1) is 13.3. The first kappa shape index (κ1) is 21.2. The Balaban J connectivity index is 2.20. The zero-order valence-corrected chi connectivity index (χ0v) is 16.8. The molecule has 0 aliphatic heterocycles. The van der Waals surface area contributed by atoms with E-state index in [-0.39, 0.29) is 38.8 Å². The summed E-state index contributed by atoms with van der Waals surface area (Å²) >= 11 is 12.5. The Labute approximate surface area is 173 Å². The van der Waals surface area contributed by atoms with E-state index in [0.717, 1.165) is 10.7 Å². The van der Waals surface area contributed by atoms with E-state index in [1.165, 1.54) is 18.2 Å². The second-order valence-corrected chi connectivity index (χ2v) is 8.80. The van der Waals surface area contributed by atoms with Crippen LogP contribution in [0, 0.1) is 0 Å². The minimum absolute atomic E-state index is 0.0128. The van der Waals surface area contributed by atoms with Gasteiger partial charge in [-0.2, -0.15) is 22.8 Å². The van der Waals surface area contributed by atoms with Crippen LogP contribution >= 0.6 is 23.2 Å². The Hall–Kier alpha value is -2.50. The monoisotopic (exact) mass is 465 g/mol. The molecule has 0 saturated carbocycles. The number of anilines is 2. The van der Waals surface area contributed by atoms with Crippen LogP contribution in [0.2, 0.25) is 10.0 Å². The minimum atomic E-state index is -4.90. The average molecular weight is 466 g/mol. The number of nitrogens with two attached hydrogens (primary N) is 2. The van der Waals surface area contributed by atoms with Crippen molar-refractivity contribution in [3.63, 3.8) is 0 Å². The van der Waals surface area contributed by atoms with Crippen molar-refractivity contribution in [2.24, 2.45) is 0 Å². The molecule has 0 bridgehead atoms. The number of alkyl halides is 3. The fourth-order valence-corrected chi connectivity index (χ4v) is 4.30. The van der Waals surface area contributed by atoms with Gasteiger partial charge in [0, 0.05) is 11.8 Å². The maximum atomic E-state index is 13.4. The molecule has 0 atom stereocenters. The van der Waals surface area contributed by atoms with Crippen LogP contribution in [-0.2, 0) is 16.0 Å². The lowest BCUT2D eigenvalue weighted by Crippen LogP contribution is -2.12. The van der Waals surface area contributed by atoms with Crippen molar-refractivity contribution in [1.82, 2.24) is 14.8 Å². The third-order valence-corrected chi connectivity index (χ3v) is 5.64. The van der Waals surface area contributed by atoms with Gasteiger partial charge in [-0.3, -0.25) is 0 Å². The van der Waals surface area contributed by atoms with Crippen molar-refractivity contribution < 1.29 is 21.6 Å². The molecule has 7 nitrogen and oxygen atoms in total. The third kappa shape index (κ3) is 4.11. The number of hydrogen-bond donors (Lipinski definition) is 2. The zero-order chi connectivity index (χ0) is 21.7. The largest absolute Gasteiger partial charge is 0.417 e. The van der Waals surface area contributed by atoms with Crippen LogP contribution in [0.4, 0.5) is 25.1 Å². The summed E-state index contributed by atoms with van der Waals surface area (Å²) in [5.74, 6) is -0.135. The Morgan fingerprint density at radius 2 is 1.66 bits per heavy atom. The van der Waals surface area contributed by atoms with Gasteiger partial charge in [0.15, 0.2) is 9.84 Å². The Bertz CT molecular complexity index is 1200. The summed E-state index contributed by atoms with van der Waals surface area (Å²) in [4.78, 5) is 2.89. The van der Waals surface area contributed by atoms with Crippen LogP contribution in [0.25, 0.3) is 16.8 Å². The SMILES string of the molecule is CS(=O)(=O)c1ccc(-c2c(Cl)cc(-n3nc(N)nc3N)cc2Cl)cc1C(F)(F)F. The van der Waals surface area contributed by atoms with Crippen LogP contribution in [-0.4, -0.2) is 29.4 Å². The number of rotatable bonds is 3. The second kappa shape index (κ2) is 7.08. The number of benzene rings is 2. The molecule has 1 aromatic heterocycles. The fourth-order valence-electron chi connectivity index (χ4n) is 2.72. The van der Waals surface area contributed by atoms with Gasteiger partial charge >= 0.3 is 6.18 Å². The van der Waals surface area contributed by atoms with Gasteiger partial charge in [0.05, 0.1) is 26.2 Å². The van der Waals surface area contributed by atoms with Gasteiger partial charge in [0.2, 0.25) is 11.9 Å². The van der Waals surface area contributed by atoms with Crippen molar-refractivity contribution in [3.05, 3.63) is 45.9 Å². The highest BCUT2D eigenvalue weighted by Gasteiger charge is 2.36. The van der Waals surface area contributed by atoms with E-state index in [2.05, 4.69) is 10.1 Å². The van der Waals surface area contributed by atoms with Gasteiger partial charge < -0.3 is 11.5 Å². The van der Waals surface area contributed by atoms with E-state index in [1.807, 2.05) is 0 Å². The molecule has 3 aromatic rings. The maximum Gasteiger partial charge on any atom is 0.417 e. The van der Waals surface area contributed by atoms with E-state index in [4.69, 9.17) is 34.7 Å². The van der Waals surface area contributed by atoms with Crippen LogP contribution in [0.1, 0.15) is 5.56 Å². The summed E-state index contributed by atoms with van der Waals surface area (Å²) in [5.41, 5.74) is 10.2. The minimum Gasteiger partial charge on any atom is -0.368 e. The molecule has 0 radical (unpaired) electrons. The lowest BCUT2D eigenvalue weighted by Gasteiger charge is -2.15. The van der Waals surface area contributed by atoms with Crippen LogP contribution in [0.15, 0.2) is 35.2 Å². The van der Waals surface area contributed by atoms with Crippen molar-refractivity contribution in [3.8, 4) is 16.8 Å². The second-order valence-electron chi connectivity index (χ2n) is 6.01. The molecule has 0 amide bonds. The third-order valence-electron chi connectivity index (χ3n) is 3.89. The maximum absolute atomic E-state index is 13.4. The molecule has 0 unspecified atom stereocenters. The number of nitrogen functional groups attached to an aromatic ring is 2. The van der Waals surface area contributed by atoms with E-state index < -0.39 is 26.5 Å². The summed E-state index contributed by atoms with van der Waals surface area (Å²) in [6.07, 6.45) is -4.21. The number of hydrogen-bond acceptors (Lipinski definition) is 6. The fraction of sp³-hybridized carbons (Fsp3) is 0.125. The highest BCUT2D eigenvalue weighted by atomic mass is 35.5. The lowest BCUT2D eigenvalue weighted by atomic mass is 10.0. The van der Waals surface area contributed by atoms with E-state index in [1.54, 1.807) is 0 Å². The van der Waals surface area contributed by atoms with Gasteiger partial charge in [-0.05, 0) is 29.8 Å². The van der Waals surface area contributed by atoms with Crippen LogP contribution in [0.5, 0.6) is 0 Å². The first-order valence-corrected chi connectivity index (χ1v) is 10.3. The number of halogens is 5. The standard InChI is InChI=1S/C16H12Cl2F3N5O2S/c1-29(27,28)12-3-2-7(4-9(12)16(19,20)21)13-10(17)5-8(6-11(13)18)26-15(23)24-14(22)25-26/h2-6H,1H3,(H4,22,23,24,25). The van der Waals surface area contributed by atoms with E-state index >= 15 is 0 Å². The molecule has 1 heterocycles. The smallest absolute Gasteiger partial charge is 0.368 e. The number of sulfone groups is 1. The molecule has 29 heavy (non-hydrogen) atoms. The summed E-state index contributed by atoms with van der Waals surface area (Å²) in [6, 6.07) is 5.48. The highest BCUT2D eigenvalue weighted by Crippen LogP contribution is 2.41. The topological polar surface area (TPSA) is 117 Å². The predicted molar refractivity (Wildman–Crippen MR) is 104 cm³/mol. The predicted octanol–water partition coefficient (Wildman–Crippen LogP) is 3.83. The molecule has 0 aliphatic carbocycles. The average Bonchev–Trinajstić information content (AvgIpc) is 2.90. The zero-order valence-electron chi connectivity index (χ0n) is 14.5. The van der Waals surface area contributed by atoms with Crippen molar-refractivity contribution >= 4 is 44.9 Å². The van der Waals surface area contributed by atoms with Crippen LogP contribution < -0.4 is 11.5 Å². The first-order valence-electron chi connectivity index (χ1n) is 7.68. The molecule has 2 aromatic carbocycles. The molecule has 0 aliphatic rings. The van der Waals surface area contributed by atoms with Gasteiger partial charge in [-0.1, -0.05) is 29.3 Å². The Morgan fingerprint density at radius 1 is 1.07 bits per heavy atom. The summed E-state index contributed by atoms with van der Waals surface area (Å²) in [5, 5.41) is 3.85. The molecule has 0 spiro atoms. The molecule has 4 N–H and O–H groups in total. The summed E-state index contributed by atoms with van der Waals surface area (Å²) in [6.45, 7) is 0. The molecule has 3 rings (SSSR count). The lowest BCUT2D eigenvalue weighted by molar-refractivity contribution is -0.139. The van der Waals surface area contributed by atoms with E-state index in [0.29, 0.717) is 12.3 Å². The molecular weight excluding hydrogens is 454 g/mol. The molecule has 0 saturated heterocycles. The van der Waals surface area contributed by atoms with E-state index in [9.17, 15) is 21.6 Å². The molecule has 154 valence electrons. The highest BCUT2D eigenvalue weighted by molar-refractivity contribution is 7.90. The van der Waals surface area contributed by atoms with Gasteiger partial charge in [0.1, 0.15) is 0 Å². The number of aromatic nitrogens is 3.